The summed E-state index contributed by atoms with van der Waals surface area (Å²) in [6.07, 6.45) is -9.98. The van der Waals surface area contributed by atoms with Gasteiger partial charge in [0.05, 0.1) is 6.61 Å². The number of aliphatic hydroxyl groups is 4. The molecule has 2 heterocycles. The summed E-state index contributed by atoms with van der Waals surface area (Å²) in [5.41, 5.74) is -2.10. The first-order chi connectivity index (χ1) is 18.7. The first-order valence-corrected chi connectivity index (χ1v) is 14.1. The maximum Gasteiger partial charge on any atom is 0.306 e. The van der Waals surface area contributed by atoms with Crippen LogP contribution in [-0.4, -0.2) is 99.6 Å². The summed E-state index contributed by atoms with van der Waals surface area (Å²) in [5.74, 6) is -4.12. The maximum absolute atomic E-state index is 14.5. The molecule has 0 aromatic rings. The van der Waals surface area contributed by atoms with E-state index in [-0.39, 0.29) is 42.2 Å². The Morgan fingerprint density at radius 3 is 2.33 bits per heavy atom. The summed E-state index contributed by atoms with van der Waals surface area (Å²) in [4.78, 5) is 53.2. The third-order valence-corrected chi connectivity index (χ3v) is 10.9. The molecular formula is C28H40O12. The van der Waals surface area contributed by atoms with Gasteiger partial charge in [0, 0.05) is 36.0 Å². The van der Waals surface area contributed by atoms with Crippen LogP contribution in [0.25, 0.3) is 0 Å². The monoisotopic (exact) mass is 568 g/mol. The topological polar surface area (TPSA) is 186 Å². The van der Waals surface area contributed by atoms with Gasteiger partial charge in [-0.05, 0) is 30.6 Å². The second-order valence-corrected chi connectivity index (χ2v) is 12.9. The molecule has 5 fully saturated rings. The van der Waals surface area contributed by atoms with Gasteiger partial charge in [-0.15, -0.1) is 0 Å². The zero-order valence-corrected chi connectivity index (χ0v) is 23.4. The zero-order chi connectivity index (χ0) is 29.5. The van der Waals surface area contributed by atoms with E-state index in [1.54, 1.807) is 13.8 Å². The molecule has 0 spiro atoms. The summed E-state index contributed by atoms with van der Waals surface area (Å²) >= 11 is 0. The summed E-state index contributed by atoms with van der Waals surface area (Å²) in [5, 5.41) is 40.5. The number of ether oxygens (including phenoxy) is 4. The van der Waals surface area contributed by atoms with Gasteiger partial charge in [0.2, 0.25) is 0 Å². The Balaban J connectivity index is 1.56. The van der Waals surface area contributed by atoms with Crippen LogP contribution in [0, 0.1) is 40.4 Å². The standard InChI is InChI=1S/C28H40O12/c1-10-6-15(38-26-22(35)21(34)20(33)16(9-29)39-26)25(36)28(5)13(10)7-17-27(4)14(8-18(31)40-17)11(2)19(32)23(24(27)28)37-12(3)30/h10-11,13-17,20-24,26,29,33-35H,6-9H2,1-5H3/t10-,11-,13+,14+,15+,16-,17-,20-,21+,22-,23-,24+,26-,27-,28+/m1/s1. The predicted octanol–water partition coefficient (Wildman–Crippen LogP) is -0.489. The van der Waals surface area contributed by atoms with Crippen LogP contribution in [0.4, 0.5) is 0 Å². The van der Waals surface area contributed by atoms with E-state index >= 15 is 0 Å². The number of fused-ring (bicyclic) bond motifs is 2. The van der Waals surface area contributed by atoms with Gasteiger partial charge in [0.25, 0.3) is 0 Å². The molecule has 2 aliphatic heterocycles. The minimum atomic E-state index is -1.69. The lowest BCUT2D eigenvalue weighted by Crippen LogP contribution is -2.74. The van der Waals surface area contributed by atoms with Gasteiger partial charge in [-0.1, -0.05) is 27.7 Å². The molecule has 12 heteroatoms. The van der Waals surface area contributed by atoms with Gasteiger partial charge < -0.3 is 39.4 Å². The van der Waals surface area contributed by atoms with Crippen LogP contribution in [0.5, 0.6) is 0 Å². The van der Waals surface area contributed by atoms with Crippen LogP contribution >= 0.6 is 0 Å². The Hall–Kier alpha value is -1.96. The molecule has 12 nitrogen and oxygen atoms in total. The van der Waals surface area contributed by atoms with Crippen LogP contribution in [0.1, 0.15) is 53.9 Å². The lowest BCUT2D eigenvalue weighted by Gasteiger charge is -2.67. The van der Waals surface area contributed by atoms with E-state index in [1.807, 2.05) is 13.8 Å². The molecule has 224 valence electrons. The smallest absolute Gasteiger partial charge is 0.306 e. The Kier molecular flexibility index (Phi) is 7.45. The summed E-state index contributed by atoms with van der Waals surface area (Å²) in [6, 6.07) is 0. The summed E-state index contributed by atoms with van der Waals surface area (Å²) in [6.45, 7) is 7.90. The fourth-order valence-corrected chi connectivity index (χ4v) is 8.91. The average molecular weight is 569 g/mol. The third-order valence-electron chi connectivity index (χ3n) is 10.9. The highest BCUT2D eigenvalue weighted by Crippen LogP contribution is 2.68. The first-order valence-electron chi connectivity index (χ1n) is 14.1. The van der Waals surface area contributed by atoms with Gasteiger partial charge in [-0.2, -0.15) is 0 Å². The SMILES string of the molecule is CC(=O)O[C@@H]1C(=O)[C@H](C)[C@@H]2CC(=O)O[C@@H]3C[C@H]4[C@H](C)C[C@H](O[C@@H]5O[C@H](CO)[C@@H](O)[C@H](O)[C@H]5O)C(=O)[C@]4(C)[C@@H]1[C@@]32C. The number of rotatable bonds is 4. The van der Waals surface area contributed by atoms with Crippen molar-refractivity contribution in [2.75, 3.05) is 6.61 Å². The molecule has 4 N–H and O–H groups in total. The van der Waals surface area contributed by atoms with Crippen molar-refractivity contribution in [3.8, 4) is 0 Å². The largest absolute Gasteiger partial charge is 0.462 e. The molecule has 2 saturated heterocycles. The van der Waals surface area contributed by atoms with Gasteiger partial charge >= 0.3 is 11.9 Å². The van der Waals surface area contributed by atoms with Gasteiger partial charge in [-0.25, -0.2) is 0 Å². The van der Waals surface area contributed by atoms with Crippen LogP contribution in [0.15, 0.2) is 0 Å². The van der Waals surface area contributed by atoms with Gasteiger partial charge in [0.15, 0.2) is 24.0 Å². The van der Waals surface area contributed by atoms with Crippen molar-refractivity contribution in [1.82, 2.24) is 0 Å². The van der Waals surface area contributed by atoms with Crippen LogP contribution in [-0.2, 0) is 38.1 Å². The summed E-state index contributed by atoms with van der Waals surface area (Å²) < 4.78 is 23.1. The highest BCUT2D eigenvalue weighted by molar-refractivity contribution is 5.95. The number of aliphatic hydroxyl groups excluding tert-OH is 4. The van der Waals surface area contributed by atoms with E-state index in [9.17, 15) is 39.6 Å². The minimum absolute atomic E-state index is 0.0124. The van der Waals surface area contributed by atoms with Crippen molar-refractivity contribution in [2.24, 2.45) is 40.4 Å². The van der Waals surface area contributed by atoms with Crippen molar-refractivity contribution in [3.63, 3.8) is 0 Å². The van der Waals surface area contributed by atoms with Crippen molar-refractivity contribution >= 4 is 23.5 Å². The molecule has 3 aliphatic carbocycles. The first kappa shape index (κ1) is 29.5. The predicted molar refractivity (Wildman–Crippen MR) is 133 cm³/mol. The lowest BCUT2D eigenvalue weighted by molar-refractivity contribution is -0.315. The molecule has 0 aromatic carbocycles. The van der Waals surface area contributed by atoms with E-state index in [1.165, 1.54) is 6.92 Å². The van der Waals surface area contributed by atoms with Crippen molar-refractivity contribution < 1.29 is 58.6 Å². The molecule has 0 aromatic heterocycles. The van der Waals surface area contributed by atoms with E-state index in [0.29, 0.717) is 6.42 Å². The lowest BCUT2D eigenvalue weighted by atomic mass is 9.37. The van der Waals surface area contributed by atoms with Crippen molar-refractivity contribution in [3.05, 3.63) is 0 Å². The van der Waals surface area contributed by atoms with Gasteiger partial charge in [-0.3, -0.25) is 19.2 Å². The fourth-order valence-electron chi connectivity index (χ4n) is 8.91. The second-order valence-electron chi connectivity index (χ2n) is 12.9. The molecule has 5 aliphatic rings. The molecular weight excluding hydrogens is 528 g/mol. The molecule has 0 unspecified atom stereocenters. The van der Waals surface area contributed by atoms with Crippen LogP contribution in [0.2, 0.25) is 0 Å². The molecule has 3 saturated carbocycles. The number of carbonyl (C=O) groups is 4. The normalized spacial score (nSPS) is 52.3. The molecule has 5 rings (SSSR count). The zero-order valence-electron chi connectivity index (χ0n) is 23.4. The fraction of sp³-hybridized carbons (Fsp3) is 0.857. The minimum Gasteiger partial charge on any atom is -0.462 e. The Morgan fingerprint density at radius 1 is 1.02 bits per heavy atom. The second kappa shape index (κ2) is 10.1. The van der Waals surface area contributed by atoms with E-state index in [4.69, 9.17) is 18.9 Å². The van der Waals surface area contributed by atoms with E-state index < -0.39 is 90.2 Å². The molecule has 40 heavy (non-hydrogen) atoms. The summed E-state index contributed by atoms with van der Waals surface area (Å²) in [7, 11) is 0. The Labute approximate surface area is 232 Å². The molecule has 0 bridgehead atoms. The van der Waals surface area contributed by atoms with E-state index in [2.05, 4.69) is 0 Å². The molecule has 0 amide bonds. The number of esters is 2. The van der Waals surface area contributed by atoms with Crippen LogP contribution < -0.4 is 0 Å². The average Bonchev–Trinajstić information content (AvgIpc) is 2.89. The Morgan fingerprint density at radius 2 is 1.70 bits per heavy atom. The number of hydrogen-bond acceptors (Lipinski definition) is 12. The van der Waals surface area contributed by atoms with Crippen LogP contribution in [0.3, 0.4) is 0 Å². The highest BCUT2D eigenvalue weighted by Gasteiger charge is 2.74. The quantitative estimate of drug-likeness (QED) is 0.252. The molecule has 15 atom stereocenters. The Bertz CT molecular complexity index is 1080. The number of ketones is 2. The number of Topliss-reactive ketones (excluding diaryl/α,β-unsaturated/α-hetero) is 2. The van der Waals surface area contributed by atoms with Crippen molar-refractivity contribution in [2.45, 2.75) is 103 Å². The third kappa shape index (κ3) is 4.09. The molecule has 0 radical (unpaired) electrons. The van der Waals surface area contributed by atoms with Gasteiger partial charge in [0.1, 0.15) is 36.6 Å². The maximum atomic E-state index is 14.5. The number of hydrogen-bond donors (Lipinski definition) is 4. The van der Waals surface area contributed by atoms with E-state index in [0.717, 1.165) is 0 Å². The van der Waals surface area contributed by atoms with Crippen molar-refractivity contribution in [1.29, 1.82) is 0 Å². The number of carbonyl (C=O) groups excluding carboxylic acids is 4. The highest BCUT2D eigenvalue weighted by atomic mass is 16.7.